The summed E-state index contributed by atoms with van der Waals surface area (Å²) < 4.78 is 34.2. The van der Waals surface area contributed by atoms with Crippen molar-refractivity contribution in [2.75, 3.05) is 0 Å². The molecule has 2 atom stereocenters. The van der Waals surface area contributed by atoms with Crippen LogP contribution in [0.15, 0.2) is 0 Å². The minimum atomic E-state index is -4.25. The van der Waals surface area contributed by atoms with E-state index < -0.39 is 21.5 Å². The van der Waals surface area contributed by atoms with Crippen LogP contribution in [0.25, 0.3) is 0 Å². The summed E-state index contributed by atoms with van der Waals surface area (Å²) in [6.45, 7) is 4.22. The van der Waals surface area contributed by atoms with Crippen LogP contribution in [0.1, 0.15) is 123 Å². The molecule has 0 aliphatic carbocycles. The van der Waals surface area contributed by atoms with E-state index in [1.807, 2.05) is 6.92 Å². The van der Waals surface area contributed by atoms with Gasteiger partial charge in [0.05, 0.1) is 16.2 Å². The predicted molar refractivity (Wildman–Crippen MR) is 109 cm³/mol. The molecule has 1 N–H and O–H groups in total. The molecule has 0 amide bonds. The van der Waals surface area contributed by atoms with Crippen molar-refractivity contribution >= 4 is 10.1 Å². The Hall–Kier alpha value is 1.51. The molecule has 0 aliphatic heterocycles. The number of hydrogen-bond donors (Lipinski definition) is 1. The van der Waals surface area contributed by atoms with E-state index in [9.17, 15) is 18.1 Å². The number of aliphatic hydroxyl groups is 1. The molecule has 0 aromatic carbocycles. The van der Waals surface area contributed by atoms with Gasteiger partial charge in [-0.25, -0.2) is 8.42 Å². The smallest absolute Gasteiger partial charge is 0.748 e. The van der Waals surface area contributed by atoms with E-state index in [0.29, 0.717) is 25.7 Å². The van der Waals surface area contributed by atoms with Crippen molar-refractivity contribution in [3.63, 3.8) is 0 Å². The summed E-state index contributed by atoms with van der Waals surface area (Å²) in [5.41, 5.74) is 0. The molecule has 0 saturated heterocycles. The van der Waals surface area contributed by atoms with Gasteiger partial charge in [-0.15, -0.1) is 0 Å². The normalized spacial score (nSPS) is 13.9. The molecular weight excluding hydrogens is 387 g/mol. The molecule has 0 aliphatic rings. The monoisotopic (exact) mass is 430 g/mol. The first-order chi connectivity index (χ1) is 12.4. The third kappa shape index (κ3) is 20.6. The maximum atomic E-state index is 11.4. The topological polar surface area (TPSA) is 77.4 Å². The molecule has 2 unspecified atom stereocenters. The van der Waals surface area contributed by atoms with Crippen molar-refractivity contribution in [2.45, 2.75) is 134 Å². The molecule has 158 valence electrons. The van der Waals surface area contributed by atoms with Crippen molar-refractivity contribution in [1.82, 2.24) is 0 Å². The van der Waals surface area contributed by atoms with Crippen LogP contribution in [0.3, 0.4) is 0 Å². The van der Waals surface area contributed by atoms with E-state index >= 15 is 0 Å². The van der Waals surface area contributed by atoms with Crippen molar-refractivity contribution in [3.05, 3.63) is 0 Å². The van der Waals surface area contributed by atoms with Crippen LogP contribution in [-0.4, -0.2) is 29.4 Å². The van der Waals surface area contributed by atoms with Gasteiger partial charge >= 0.3 is 51.4 Å². The molecule has 0 saturated carbocycles. The summed E-state index contributed by atoms with van der Waals surface area (Å²) in [6, 6.07) is 0. The summed E-state index contributed by atoms with van der Waals surface area (Å²) in [7, 11) is -4.25. The van der Waals surface area contributed by atoms with Crippen LogP contribution < -0.4 is 51.4 Å². The van der Waals surface area contributed by atoms with Crippen molar-refractivity contribution < 1.29 is 69.5 Å². The van der Waals surface area contributed by atoms with Gasteiger partial charge in [0, 0.05) is 5.25 Å². The number of aliphatic hydroxyl groups excluding tert-OH is 1. The summed E-state index contributed by atoms with van der Waals surface area (Å²) in [5.74, 6) is 0. The number of hydrogen-bond acceptors (Lipinski definition) is 4. The van der Waals surface area contributed by atoms with Crippen LogP contribution in [0, 0.1) is 0 Å². The first-order valence-corrected chi connectivity index (χ1v) is 12.5. The van der Waals surface area contributed by atoms with Crippen molar-refractivity contribution in [3.8, 4) is 0 Å². The zero-order valence-electron chi connectivity index (χ0n) is 18.3. The maximum Gasteiger partial charge on any atom is 1.00 e. The van der Waals surface area contributed by atoms with Crippen LogP contribution >= 0.6 is 0 Å². The van der Waals surface area contributed by atoms with Crippen molar-refractivity contribution in [1.29, 1.82) is 0 Å². The molecule has 27 heavy (non-hydrogen) atoms. The molecule has 0 heterocycles. The second kappa shape index (κ2) is 20.8. The largest absolute Gasteiger partial charge is 1.00 e. The minimum Gasteiger partial charge on any atom is -0.748 e. The fraction of sp³-hybridized carbons (Fsp3) is 1.00. The van der Waals surface area contributed by atoms with E-state index in [-0.39, 0.29) is 51.4 Å². The summed E-state index contributed by atoms with van der Waals surface area (Å²) in [5, 5.41) is 8.92. The standard InChI is InChI=1S/C21H44O4S.K/c1-3-5-6-7-8-9-10-11-12-13-14-15-17-21(26(23,24)25)19-18-20(22)16-4-2;/h20-22H,3-19H2,1-2H3,(H,23,24,25);/q;+1/p-1. The number of rotatable bonds is 19. The second-order valence-corrected chi connectivity index (χ2v) is 9.46. The SMILES string of the molecule is CCCCCCCCCCCCCCC(CCC(O)CCC)S(=O)(=O)[O-].[K+]. The summed E-state index contributed by atoms with van der Waals surface area (Å²) in [6.07, 6.45) is 17.0. The van der Waals surface area contributed by atoms with Crippen molar-refractivity contribution in [2.24, 2.45) is 0 Å². The Morgan fingerprint density at radius 2 is 1.11 bits per heavy atom. The molecule has 0 aromatic rings. The Morgan fingerprint density at radius 1 is 0.667 bits per heavy atom. The number of unbranched alkanes of at least 4 members (excludes halogenated alkanes) is 11. The summed E-state index contributed by atoms with van der Waals surface area (Å²) >= 11 is 0. The predicted octanol–water partition coefficient (Wildman–Crippen LogP) is 2.94. The van der Waals surface area contributed by atoms with E-state index in [1.165, 1.54) is 57.8 Å². The van der Waals surface area contributed by atoms with Gasteiger partial charge in [-0.1, -0.05) is 97.3 Å². The molecule has 0 radical (unpaired) electrons. The Labute approximate surface area is 211 Å². The molecule has 0 aromatic heterocycles. The van der Waals surface area contributed by atoms with Gasteiger partial charge in [0.2, 0.25) is 0 Å². The average Bonchev–Trinajstić information content (AvgIpc) is 2.57. The van der Waals surface area contributed by atoms with Gasteiger partial charge in [-0.2, -0.15) is 0 Å². The van der Waals surface area contributed by atoms with E-state index in [0.717, 1.165) is 25.7 Å². The molecule has 0 spiro atoms. The minimum absolute atomic E-state index is 0. The fourth-order valence-electron chi connectivity index (χ4n) is 3.50. The Kier molecular flexibility index (Phi) is 23.6. The van der Waals surface area contributed by atoms with Crippen LogP contribution in [0.4, 0.5) is 0 Å². The van der Waals surface area contributed by atoms with E-state index in [1.54, 1.807) is 0 Å². The van der Waals surface area contributed by atoms with Gasteiger partial charge in [0.25, 0.3) is 0 Å². The Bertz CT molecular complexity index is 401. The Morgan fingerprint density at radius 3 is 1.52 bits per heavy atom. The van der Waals surface area contributed by atoms with Crippen LogP contribution in [0.5, 0.6) is 0 Å². The zero-order chi connectivity index (χ0) is 19.7. The first-order valence-electron chi connectivity index (χ1n) is 11.0. The maximum absolute atomic E-state index is 11.4. The molecule has 6 heteroatoms. The van der Waals surface area contributed by atoms with Gasteiger partial charge in [-0.3, -0.25) is 0 Å². The third-order valence-electron chi connectivity index (χ3n) is 5.23. The van der Waals surface area contributed by atoms with Crippen LogP contribution in [0.2, 0.25) is 0 Å². The first kappa shape index (κ1) is 30.7. The quantitative estimate of drug-likeness (QED) is 0.194. The van der Waals surface area contributed by atoms with Gasteiger partial charge in [-0.05, 0) is 25.7 Å². The molecule has 0 rings (SSSR count). The second-order valence-electron chi connectivity index (χ2n) is 7.81. The Balaban J connectivity index is 0. The van der Waals surface area contributed by atoms with E-state index in [2.05, 4.69) is 6.92 Å². The van der Waals surface area contributed by atoms with Gasteiger partial charge in [0.1, 0.15) is 0 Å². The average molecular weight is 431 g/mol. The van der Waals surface area contributed by atoms with Gasteiger partial charge in [0.15, 0.2) is 0 Å². The van der Waals surface area contributed by atoms with Gasteiger partial charge < -0.3 is 9.66 Å². The summed E-state index contributed by atoms with van der Waals surface area (Å²) in [4.78, 5) is 0. The molecule has 0 bridgehead atoms. The van der Waals surface area contributed by atoms with Crippen LogP contribution in [-0.2, 0) is 10.1 Å². The molecule has 0 fully saturated rings. The molecule has 4 nitrogen and oxygen atoms in total. The molecular formula is C21H43KO4S. The fourth-order valence-corrected chi connectivity index (χ4v) is 4.38. The third-order valence-corrected chi connectivity index (χ3v) is 6.52. The van der Waals surface area contributed by atoms with E-state index in [4.69, 9.17) is 0 Å². The zero-order valence-corrected chi connectivity index (χ0v) is 22.2.